The van der Waals surface area contributed by atoms with E-state index in [2.05, 4.69) is 52.1 Å². The van der Waals surface area contributed by atoms with Gasteiger partial charge in [-0.1, -0.05) is 72.8 Å². The Morgan fingerprint density at radius 1 is 0.620 bits per heavy atom. The summed E-state index contributed by atoms with van der Waals surface area (Å²) in [6.07, 6.45) is 9.43. The number of nitrogens with one attached hydrogen (secondary N) is 1. The molecule has 3 N–H and O–H groups in total. The van der Waals surface area contributed by atoms with Gasteiger partial charge in [-0.05, 0) is 147 Å². The van der Waals surface area contributed by atoms with Crippen LogP contribution >= 0.6 is 43.5 Å². The molecule has 4 aromatic heterocycles. The number of carbonyl (C=O) groups is 2. The van der Waals surface area contributed by atoms with Crippen molar-refractivity contribution in [1.29, 1.82) is 0 Å². The number of hydrogen-bond acceptors (Lipinski definition) is 14. The second-order valence-corrected chi connectivity index (χ2v) is 26.5. The Labute approximate surface area is 482 Å². The zero-order valence-electron chi connectivity index (χ0n) is 44.4. The smallest absolute Gasteiger partial charge is 0.410 e. The van der Waals surface area contributed by atoms with Crippen LogP contribution in [0.15, 0.2) is 153 Å². The molecule has 23 heteroatoms. The van der Waals surface area contributed by atoms with Gasteiger partial charge in [0, 0.05) is 84.9 Å². The summed E-state index contributed by atoms with van der Waals surface area (Å²) in [4.78, 5) is 45.4. The normalized spacial score (nSPS) is 16.1. The lowest BCUT2D eigenvalue weighted by Gasteiger charge is -2.34. The van der Waals surface area contributed by atoms with Crippen LogP contribution in [0.1, 0.15) is 67.2 Å². The number of fused-ring (bicyclic) bond motifs is 2. The Morgan fingerprint density at radius 3 is 1.53 bits per heavy atom. The predicted molar refractivity (Wildman–Crippen MR) is 314 cm³/mol. The number of anilines is 1. The molecule has 10 rings (SSSR count). The minimum atomic E-state index is -3.83. The number of benzene rings is 4. The maximum atomic E-state index is 13.5. The average Bonchev–Trinajstić information content (AvgIpc) is 4.01. The topological polar surface area (TPSA) is 227 Å². The third-order valence-electron chi connectivity index (χ3n) is 12.4. The predicted octanol–water partition coefficient (Wildman–Crippen LogP) is 12.0. The first kappa shape index (κ1) is 58.7. The van der Waals surface area contributed by atoms with Gasteiger partial charge in [-0.3, -0.25) is 0 Å². The molecule has 0 aliphatic carbocycles. The summed E-state index contributed by atoms with van der Waals surface area (Å²) in [5.41, 5.74) is 8.31. The number of piperidine rings is 2. The average molecular weight is 1260 g/mol. The van der Waals surface area contributed by atoms with Crippen LogP contribution in [0.2, 0.25) is 5.28 Å². The molecule has 79 heavy (non-hydrogen) atoms. The number of para-hydroxylation sites is 2. The molecule has 6 heterocycles. The highest BCUT2D eigenvalue weighted by molar-refractivity contribution is 9.11. The van der Waals surface area contributed by atoms with Crippen LogP contribution < -0.4 is 11.1 Å². The van der Waals surface area contributed by atoms with Crippen molar-refractivity contribution in [3.8, 4) is 22.5 Å². The number of ether oxygens (including phenoxy) is 2. The van der Waals surface area contributed by atoms with Gasteiger partial charge in [-0.15, -0.1) is 0 Å². The standard InChI is InChI=1S/C28H30BrN5O4S.C18H11BrClN3O2S.C10H20N2O2/c1-28(2,3)38-27(35)33-15-9-10-19(17-33)31-26-30-16-23(29)25(32-26)22-18-34(24-14-8-7-13-21(22)24)39(36,37)20-11-5-4-6-12-20;19-15-10-21-18(20)22-17(15)14-11-23(16-9-5-4-8-13(14)16)26(24,25)12-6-2-1-3-7-12;1-10(2,3)14-9(13)12-6-4-5-8(11)7-12/h4-8,11-14,16,18-19H,9-10,15,17H2,1-3H3,(H,30,31,32);1-11H;8H,4-7,11H2,1-3H3/t19-;;8-/m1.1/s1. The van der Waals surface area contributed by atoms with E-state index in [-0.39, 0.29) is 39.3 Å². The van der Waals surface area contributed by atoms with Crippen LogP contribution in [0.4, 0.5) is 15.5 Å². The van der Waals surface area contributed by atoms with E-state index < -0.39 is 31.2 Å². The van der Waals surface area contributed by atoms with Crippen LogP contribution in [0.3, 0.4) is 0 Å². The molecule has 2 aliphatic heterocycles. The van der Waals surface area contributed by atoms with Crippen LogP contribution in [0.5, 0.6) is 0 Å². The minimum Gasteiger partial charge on any atom is -0.444 e. The molecule has 2 atom stereocenters. The van der Waals surface area contributed by atoms with Crippen molar-refractivity contribution in [3.05, 3.63) is 148 Å². The summed E-state index contributed by atoms with van der Waals surface area (Å²) in [7, 11) is -7.58. The van der Waals surface area contributed by atoms with Gasteiger partial charge in [0.2, 0.25) is 11.2 Å². The minimum absolute atomic E-state index is 0.0555. The monoisotopic (exact) mass is 1260 g/mol. The summed E-state index contributed by atoms with van der Waals surface area (Å²) in [5, 5.41) is 4.95. The van der Waals surface area contributed by atoms with Crippen molar-refractivity contribution in [1.82, 2.24) is 37.7 Å². The molecule has 0 saturated carbocycles. The van der Waals surface area contributed by atoms with Gasteiger partial charge in [0.05, 0.1) is 41.2 Å². The fraction of sp³-hybridized carbons (Fsp3) is 0.321. The van der Waals surface area contributed by atoms with E-state index in [1.807, 2.05) is 71.9 Å². The van der Waals surface area contributed by atoms with Crippen LogP contribution in [-0.4, -0.2) is 116 Å². The highest BCUT2D eigenvalue weighted by Gasteiger charge is 2.30. The number of nitrogens with two attached hydrogens (primary N) is 1. The zero-order chi connectivity index (χ0) is 56.9. The van der Waals surface area contributed by atoms with Crippen LogP contribution in [0, 0.1) is 0 Å². The fourth-order valence-corrected chi connectivity index (χ4v) is 12.6. The van der Waals surface area contributed by atoms with Gasteiger partial charge in [-0.2, -0.15) is 0 Å². The Hall–Kier alpha value is -6.43. The molecule has 0 radical (unpaired) electrons. The molecule has 2 aliphatic rings. The van der Waals surface area contributed by atoms with E-state index in [0.29, 0.717) is 68.1 Å². The molecule has 4 aromatic carbocycles. The maximum absolute atomic E-state index is 13.5. The summed E-state index contributed by atoms with van der Waals surface area (Å²) in [6, 6.07) is 31.3. The summed E-state index contributed by atoms with van der Waals surface area (Å²) >= 11 is 12.9. The van der Waals surface area contributed by atoms with Gasteiger partial charge in [0.1, 0.15) is 11.2 Å². The Kier molecular flexibility index (Phi) is 18.2. The number of hydrogen-bond donors (Lipinski definition) is 2. The van der Waals surface area contributed by atoms with E-state index in [1.165, 1.54) is 7.94 Å². The first-order valence-electron chi connectivity index (χ1n) is 25.4. The molecule has 0 spiro atoms. The number of amides is 2. The van der Waals surface area contributed by atoms with Gasteiger partial charge < -0.3 is 30.3 Å². The third-order valence-corrected chi connectivity index (χ3v) is 17.2. The Bertz CT molecular complexity index is 3710. The maximum Gasteiger partial charge on any atom is 0.410 e. The van der Waals surface area contributed by atoms with Gasteiger partial charge >= 0.3 is 12.2 Å². The summed E-state index contributed by atoms with van der Waals surface area (Å²) in [6.45, 7) is 13.7. The molecule has 416 valence electrons. The van der Waals surface area contributed by atoms with Gasteiger partial charge in [0.15, 0.2) is 0 Å². The van der Waals surface area contributed by atoms with Crippen molar-refractivity contribution >= 4 is 103 Å². The number of rotatable bonds is 8. The molecule has 2 fully saturated rings. The molecule has 8 aromatic rings. The molecular formula is C56H61Br2ClN10O8S2. The van der Waals surface area contributed by atoms with E-state index in [1.54, 1.807) is 113 Å². The largest absolute Gasteiger partial charge is 0.444 e. The van der Waals surface area contributed by atoms with Crippen LogP contribution in [-0.2, 0) is 29.5 Å². The lowest BCUT2D eigenvalue weighted by atomic mass is 10.1. The quantitative estimate of drug-likeness (QED) is 0.135. The zero-order valence-corrected chi connectivity index (χ0v) is 49.9. The first-order valence-corrected chi connectivity index (χ1v) is 30.2. The SMILES string of the molecule is CC(C)(C)OC(=O)N1CCC[C@@H](N)C1.CC(C)(C)OC(=O)N1CCC[C@@H](Nc2ncc(Br)c(-c3cn(S(=O)(=O)c4ccccc4)c4ccccc34)n2)C1.O=S(=O)(c1ccccc1)n1cc(-c2nc(Cl)ncc2Br)c2ccccc21. The fourth-order valence-electron chi connectivity index (χ4n) is 8.92. The highest BCUT2D eigenvalue weighted by Crippen LogP contribution is 2.38. The first-order chi connectivity index (χ1) is 37.4. The summed E-state index contributed by atoms with van der Waals surface area (Å²) in [5.74, 6) is 0.395. The number of nitrogens with zero attached hydrogens (tertiary/aromatic N) is 8. The Balaban J connectivity index is 0.000000176. The summed E-state index contributed by atoms with van der Waals surface area (Å²) < 4.78 is 68.0. The third kappa shape index (κ3) is 14.3. The van der Waals surface area contributed by atoms with Gasteiger partial charge in [-0.25, -0.2) is 54.3 Å². The number of aromatic nitrogens is 6. The number of carbonyl (C=O) groups excluding carboxylic acids is 2. The lowest BCUT2D eigenvalue weighted by molar-refractivity contribution is 0.0193. The molecule has 18 nitrogen and oxygen atoms in total. The van der Waals surface area contributed by atoms with E-state index in [0.717, 1.165) is 43.0 Å². The van der Waals surface area contributed by atoms with Crippen molar-refractivity contribution < 1.29 is 35.9 Å². The van der Waals surface area contributed by atoms with Crippen LogP contribution in [0.25, 0.3) is 44.3 Å². The second-order valence-electron chi connectivity index (χ2n) is 20.8. The Morgan fingerprint density at radius 2 is 1.05 bits per heavy atom. The second kappa shape index (κ2) is 24.5. The van der Waals surface area contributed by atoms with Crippen molar-refractivity contribution in [3.63, 3.8) is 0 Å². The molecule has 2 amide bonds. The van der Waals surface area contributed by atoms with Crippen molar-refractivity contribution in [2.24, 2.45) is 5.73 Å². The van der Waals surface area contributed by atoms with Crippen molar-refractivity contribution in [2.75, 3.05) is 31.5 Å². The molecule has 2 saturated heterocycles. The van der Waals surface area contributed by atoms with Gasteiger partial charge in [0.25, 0.3) is 20.0 Å². The highest BCUT2D eigenvalue weighted by atomic mass is 79.9. The number of likely N-dealkylation sites (tertiary alicyclic amines) is 2. The van der Waals surface area contributed by atoms with E-state index >= 15 is 0 Å². The van der Waals surface area contributed by atoms with E-state index in [4.69, 9.17) is 31.8 Å². The van der Waals surface area contributed by atoms with Crippen molar-refractivity contribution in [2.45, 2.75) is 100 Å². The van der Waals surface area contributed by atoms with E-state index in [9.17, 15) is 26.4 Å². The molecular weight excluding hydrogens is 1200 g/mol. The molecule has 0 unspecified atom stereocenters. The molecule has 0 bridgehead atoms. The number of halogens is 3. The lowest BCUT2D eigenvalue weighted by Crippen LogP contribution is -2.47.